The highest BCUT2D eigenvalue weighted by Crippen LogP contribution is 2.40. The van der Waals surface area contributed by atoms with Crippen molar-refractivity contribution in [1.82, 2.24) is 19.4 Å². The summed E-state index contributed by atoms with van der Waals surface area (Å²) in [5, 5.41) is 17.3. The van der Waals surface area contributed by atoms with Crippen molar-refractivity contribution in [3.63, 3.8) is 0 Å². The Balaban J connectivity index is 1.60. The molecule has 0 saturated heterocycles. The molecule has 30 heavy (non-hydrogen) atoms. The van der Waals surface area contributed by atoms with E-state index in [4.69, 9.17) is 0 Å². The highest BCUT2D eigenvalue weighted by Gasteiger charge is 2.55. The molecule has 4 rings (SSSR count). The fraction of sp³-hybridized carbons (Fsp3) is 0.238. The van der Waals surface area contributed by atoms with Crippen LogP contribution in [0.3, 0.4) is 0 Å². The van der Waals surface area contributed by atoms with Crippen LogP contribution in [-0.4, -0.2) is 30.7 Å². The maximum absolute atomic E-state index is 13.2. The number of aromatic nitrogens is 4. The van der Waals surface area contributed by atoms with Crippen molar-refractivity contribution in [3.8, 4) is 11.1 Å². The first kappa shape index (κ1) is 20.1. The van der Waals surface area contributed by atoms with Gasteiger partial charge in [-0.25, -0.2) is 9.07 Å². The van der Waals surface area contributed by atoms with E-state index >= 15 is 0 Å². The molecule has 0 saturated carbocycles. The Morgan fingerprint density at radius 3 is 2.40 bits per heavy atom. The van der Waals surface area contributed by atoms with E-state index in [0.29, 0.717) is 0 Å². The monoisotopic (exact) mass is 418 g/mol. The van der Waals surface area contributed by atoms with Gasteiger partial charge in [-0.15, -0.1) is 5.10 Å². The summed E-state index contributed by atoms with van der Waals surface area (Å²) in [5.41, 5.74) is -0.0616. The topological polar surface area (TPSA) is 55.4 Å². The largest absolute Gasteiger partial charge is 0.423 e. The summed E-state index contributed by atoms with van der Waals surface area (Å²) in [5.74, 6) is -0.308. The van der Waals surface area contributed by atoms with Crippen molar-refractivity contribution in [3.05, 3.63) is 78.1 Å². The number of hydrogen-bond acceptors (Lipinski definition) is 3. The second kappa shape index (κ2) is 7.24. The van der Waals surface area contributed by atoms with Crippen LogP contribution in [-0.2, 0) is 12.1 Å². The average molecular weight is 418 g/mol. The second-order valence-corrected chi connectivity index (χ2v) is 7.08. The molecular weight excluding hydrogens is 400 g/mol. The lowest BCUT2D eigenvalue weighted by molar-refractivity contribution is -0.269. The summed E-state index contributed by atoms with van der Waals surface area (Å²) in [6.45, 7) is 1.43. The number of fused-ring (bicyclic) bond motifs is 1. The van der Waals surface area contributed by atoms with Gasteiger partial charge in [0.05, 0.1) is 18.3 Å². The highest BCUT2D eigenvalue weighted by molar-refractivity contribution is 5.81. The number of rotatable bonds is 5. The van der Waals surface area contributed by atoms with Crippen molar-refractivity contribution < 1.29 is 22.7 Å². The minimum Gasteiger partial charge on any atom is -0.375 e. The van der Waals surface area contributed by atoms with Crippen molar-refractivity contribution in [2.24, 2.45) is 0 Å². The van der Waals surface area contributed by atoms with Crippen LogP contribution in [0.25, 0.3) is 16.6 Å². The van der Waals surface area contributed by atoms with Crippen LogP contribution in [0.5, 0.6) is 0 Å². The summed E-state index contributed by atoms with van der Waals surface area (Å²) in [4.78, 5) is 0. The van der Waals surface area contributed by atoms with Gasteiger partial charge in [-0.1, -0.05) is 30.3 Å². The second-order valence-electron chi connectivity index (χ2n) is 7.08. The molecule has 4 aromatic rings. The number of nitrogens with zero attached hydrogens (tertiary/aromatic N) is 4. The normalized spacial score (nSPS) is 14.2. The van der Waals surface area contributed by atoms with Crippen molar-refractivity contribution in [2.45, 2.75) is 31.7 Å². The van der Waals surface area contributed by atoms with Gasteiger partial charge in [0, 0.05) is 18.0 Å². The van der Waals surface area contributed by atoms with Crippen LogP contribution in [0.1, 0.15) is 24.6 Å². The van der Waals surface area contributed by atoms with Gasteiger partial charge in [0.2, 0.25) is 5.60 Å². The smallest absolute Gasteiger partial charge is 0.375 e. The van der Waals surface area contributed by atoms with Gasteiger partial charge >= 0.3 is 6.18 Å². The maximum Gasteiger partial charge on any atom is 0.423 e. The summed E-state index contributed by atoms with van der Waals surface area (Å²) in [6, 6.07) is 11.8. The number of hydrogen-bond donors (Lipinski definition) is 1. The van der Waals surface area contributed by atoms with Crippen LogP contribution < -0.4 is 0 Å². The Morgan fingerprint density at radius 2 is 1.73 bits per heavy atom. The molecule has 3 heterocycles. The van der Waals surface area contributed by atoms with Crippen LogP contribution >= 0.6 is 0 Å². The number of benzene rings is 1. The molecule has 0 fully saturated rings. The Morgan fingerprint density at radius 1 is 1.00 bits per heavy atom. The molecule has 1 aromatic carbocycles. The minimum atomic E-state index is -4.84. The SMILES string of the molecule is CCC(O)(c1cn(Cc2ccc3c(-c4ccc(F)cc4)ccn3c2)nn1)C(F)(F)F. The van der Waals surface area contributed by atoms with Gasteiger partial charge in [0.1, 0.15) is 11.5 Å². The number of halogens is 4. The lowest BCUT2D eigenvalue weighted by atomic mass is 9.96. The molecule has 0 bridgehead atoms. The first-order valence-electron chi connectivity index (χ1n) is 9.26. The summed E-state index contributed by atoms with van der Waals surface area (Å²) in [6.07, 6.45) is -0.607. The van der Waals surface area contributed by atoms with Gasteiger partial charge in [0.25, 0.3) is 0 Å². The number of alkyl halides is 3. The molecule has 0 aliphatic heterocycles. The van der Waals surface area contributed by atoms with Crippen molar-refractivity contribution in [2.75, 3.05) is 0 Å². The zero-order chi connectivity index (χ0) is 21.5. The molecule has 0 radical (unpaired) electrons. The standard InChI is InChI=1S/C21H18F4N4O/c1-2-20(30,21(23,24)25)19-13-29(27-26-19)12-14-3-8-18-17(9-10-28(18)11-14)15-4-6-16(22)7-5-15/h3-11,13,30H,2,12H2,1H3. The molecule has 0 amide bonds. The first-order chi connectivity index (χ1) is 14.2. The van der Waals surface area contributed by atoms with E-state index in [-0.39, 0.29) is 12.4 Å². The average Bonchev–Trinajstić information content (AvgIpc) is 3.34. The zero-order valence-electron chi connectivity index (χ0n) is 15.9. The predicted octanol–water partition coefficient (Wildman–Crippen LogP) is 4.55. The zero-order valence-corrected chi connectivity index (χ0v) is 15.9. The lowest BCUT2D eigenvalue weighted by Crippen LogP contribution is -2.42. The van der Waals surface area contributed by atoms with E-state index < -0.39 is 23.9 Å². The third-order valence-corrected chi connectivity index (χ3v) is 5.16. The quantitative estimate of drug-likeness (QED) is 0.484. The Kier molecular flexibility index (Phi) is 4.85. The fourth-order valence-corrected chi connectivity index (χ4v) is 3.40. The van der Waals surface area contributed by atoms with Crippen LogP contribution in [0.15, 0.2) is 61.1 Å². The van der Waals surface area contributed by atoms with E-state index in [1.54, 1.807) is 12.1 Å². The summed E-state index contributed by atoms with van der Waals surface area (Å²) < 4.78 is 55.9. The third kappa shape index (κ3) is 3.45. The number of aliphatic hydroxyl groups is 1. The Hall–Kier alpha value is -3.20. The molecule has 3 aromatic heterocycles. The van der Waals surface area contributed by atoms with Crippen LogP contribution in [0, 0.1) is 5.82 Å². The Labute approximate surface area is 169 Å². The fourth-order valence-electron chi connectivity index (χ4n) is 3.40. The summed E-state index contributed by atoms with van der Waals surface area (Å²) in [7, 11) is 0. The van der Waals surface area contributed by atoms with Gasteiger partial charge in [-0.2, -0.15) is 13.2 Å². The van der Waals surface area contributed by atoms with Crippen LogP contribution in [0.4, 0.5) is 17.6 Å². The Bertz CT molecular complexity index is 1180. The summed E-state index contributed by atoms with van der Waals surface area (Å²) >= 11 is 0. The van der Waals surface area contributed by atoms with E-state index in [9.17, 15) is 22.7 Å². The van der Waals surface area contributed by atoms with Crippen LogP contribution in [0.2, 0.25) is 0 Å². The molecule has 9 heteroatoms. The van der Waals surface area contributed by atoms with Gasteiger partial charge < -0.3 is 9.51 Å². The van der Waals surface area contributed by atoms with Crippen molar-refractivity contribution >= 4 is 5.52 Å². The molecule has 5 nitrogen and oxygen atoms in total. The molecule has 0 aliphatic carbocycles. The van der Waals surface area contributed by atoms with E-state index in [1.807, 2.05) is 35.0 Å². The van der Waals surface area contributed by atoms with Gasteiger partial charge in [-0.3, -0.25) is 0 Å². The molecule has 1 atom stereocenters. The lowest BCUT2D eigenvalue weighted by Gasteiger charge is -2.26. The maximum atomic E-state index is 13.2. The highest BCUT2D eigenvalue weighted by atomic mass is 19.4. The van der Waals surface area contributed by atoms with E-state index in [1.165, 1.54) is 23.7 Å². The molecule has 1 N–H and O–H groups in total. The molecule has 0 spiro atoms. The third-order valence-electron chi connectivity index (χ3n) is 5.16. The molecule has 156 valence electrons. The first-order valence-corrected chi connectivity index (χ1v) is 9.26. The molecular formula is C21H18F4N4O. The van der Waals surface area contributed by atoms with E-state index in [0.717, 1.165) is 28.4 Å². The van der Waals surface area contributed by atoms with E-state index in [2.05, 4.69) is 10.3 Å². The molecule has 0 aliphatic rings. The van der Waals surface area contributed by atoms with Gasteiger partial charge in [-0.05, 0) is 41.8 Å². The minimum absolute atomic E-state index is 0.185. The van der Waals surface area contributed by atoms with Gasteiger partial charge in [0.15, 0.2) is 0 Å². The van der Waals surface area contributed by atoms with Crippen molar-refractivity contribution in [1.29, 1.82) is 0 Å². The molecule has 1 unspecified atom stereocenters. The number of pyridine rings is 1. The predicted molar refractivity (Wildman–Crippen MR) is 102 cm³/mol.